The molecule has 0 aliphatic heterocycles. The second-order valence-corrected chi connectivity index (χ2v) is 5.31. The Morgan fingerprint density at radius 3 is 2.86 bits per heavy atom. The lowest BCUT2D eigenvalue weighted by Gasteiger charge is -2.09. The summed E-state index contributed by atoms with van der Waals surface area (Å²) in [5.41, 5.74) is 4.69. The first-order chi connectivity index (χ1) is 10.2. The summed E-state index contributed by atoms with van der Waals surface area (Å²) in [4.78, 5) is 4.58. The minimum atomic E-state index is 0.863. The van der Waals surface area contributed by atoms with Gasteiger partial charge >= 0.3 is 0 Å². The highest BCUT2D eigenvalue weighted by atomic mass is 15.3. The van der Waals surface area contributed by atoms with Crippen LogP contribution in [0.5, 0.6) is 0 Å². The van der Waals surface area contributed by atoms with Crippen LogP contribution in [0.4, 0.5) is 0 Å². The number of pyridine rings is 1. The van der Waals surface area contributed by atoms with Crippen molar-refractivity contribution in [1.82, 2.24) is 20.1 Å². The topological polar surface area (TPSA) is 42.7 Å². The van der Waals surface area contributed by atoms with E-state index in [0.717, 1.165) is 30.7 Å². The Balaban J connectivity index is 1.67. The van der Waals surface area contributed by atoms with Crippen LogP contribution in [0.25, 0.3) is 10.9 Å². The number of aryl methyl sites for hydroxylation is 2. The van der Waals surface area contributed by atoms with E-state index in [1.54, 1.807) is 0 Å². The van der Waals surface area contributed by atoms with Gasteiger partial charge in [0.2, 0.25) is 0 Å². The molecule has 0 radical (unpaired) electrons. The summed E-state index contributed by atoms with van der Waals surface area (Å²) in [7, 11) is 1.98. The number of aromatic nitrogens is 3. The van der Waals surface area contributed by atoms with Crippen LogP contribution < -0.4 is 5.32 Å². The zero-order chi connectivity index (χ0) is 14.7. The van der Waals surface area contributed by atoms with Crippen molar-refractivity contribution < 1.29 is 0 Å². The van der Waals surface area contributed by atoms with E-state index in [0.29, 0.717) is 0 Å². The largest absolute Gasteiger partial charge is 0.312 e. The average molecular weight is 280 g/mol. The highest BCUT2D eigenvalue weighted by Crippen LogP contribution is 2.17. The molecule has 0 unspecified atom stereocenters. The van der Waals surface area contributed by atoms with Gasteiger partial charge in [0.15, 0.2) is 0 Å². The van der Waals surface area contributed by atoms with Crippen molar-refractivity contribution >= 4 is 10.9 Å². The predicted octanol–water partition coefficient (Wildman–Crippen LogP) is 2.61. The predicted molar refractivity (Wildman–Crippen MR) is 85.1 cm³/mol. The zero-order valence-electron chi connectivity index (χ0n) is 12.5. The van der Waals surface area contributed by atoms with Gasteiger partial charge in [-0.05, 0) is 30.7 Å². The Labute approximate surface area is 124 Å². The van der Waals surface area contributed by atoms with E-state index in [4.69, 9.17) is 0 Å². The third-order valence-electron chi connectivity index (χ3n) is 3.73. The average Bonchev–Trinajstić information content (AvgIpc) is 2.88. The quantitative estimate of drug-likeness (QED) is 0.731. The Morgan fingerprint density at radius 2 is 2.05 bits per heavy atom. The molecular weight excluding hydrogens is 260 g/mol. The van der Waals surface area contributed by atoms with Gasteiger partial charge in [-0.15, -0.1) is 0 Å². The molecule has 3 aromatic rings. The maximum absolute atomic E-state index is 4.58. The molecule has 2 aromatic heterocycles. The maximum atomic E-state index is 4.58. The second kappa shape index (κ2) is 6.06. The molecule has 4 heteroatoms. The van der Waals surface area contributed by atoms with Crippen molar-refractivity contribution in [2.45, 2.75) is 19.9 Å². The number of nitrogens with zero attached hydrogens (tertiary/aromatic N) is 3. The minimum absolute atomic E-state index is 0.863. The van der Waals surface area contributed by atoms with E-state index in [1.807, 2.05) is 30.9 Å². The molecule has 0 saturated heterocycles. The Hall–Kier alpha value is -2.20. The molecule has 0 saturated carbocycles. The molecular formula is C17H20N4. The van der Waals surface area contributed by atoms with E-state index in [9.17, 15) is 0 Å². The number of fused-ring (bicyclic) bond motifs is 1. The lowest BCUT2D eigenvalue weighted by Crippen LogP contribution is -2.18. The lowest BCUT2D eigenvalue weighted by molar-refractivity contribution is 0.644. The minimum Gasteiger partial charge on any atom is -0.312 e. The number of rotatable bonds is 5. The van der Waals surface area contributed by atoms with Gasteiger partial charge in [-0.2, -0.15) is 5.10 Å². The summed E-state index contributed by atoms with van der Waals surface area (Å²) in [6.45, 7) is 3.85. The molecule has 0 aliphatic rings. The summed E-state index contributed by atoms with van der Waals surface area (Å²) in [6, 6.07) is 12.5. The van der Waals surface area contributed by atoms with Crippen LogP contribution in [0.15, 0.2) is 42.6 Å². The fourth-order valence-corrected chi connectivity index (χ4v) is 2.63. The Bertz CT molecular complexity index is 745. The molecule has 2 heterocycles. The highest BCUT2D eigenvalue weighted by Gasteiger charge is 2.04. The van der Waals surface area contributed by atoms with Crippen molar-refractivity contribution in [3.63, 3.8) is 0 Å². The van der Waals surface area contributed by atoms with Gasteiger partial charge in [0.1, 0.15) is 0 Å². The van der Waals surface area contributed by atoms with Crippen molar-refractivity contribution in [1.29, 1.82) is 0 Å². The highest BCUT2D eigenvalue weighted by molar-refractivity contribution is 5.82. The van der Waals surface area contributed by atoms with Crippen LogP contribution in [0.2, 0.25) is 0 Å². The number of benzene rings is 1. The molecule has 0 bridgehead atoms. The molecule has 0 spiro atoms. The van der Waals surface area contributed by atoms with Gasteiger partial charge in [0.25, 0.3) is 0 Å². The van der Waals surface area contributed by atoms with Gasteiger partial charge in [-0.1, -0.05) is 18.2 Å². The molecule has 0 fully saturated rings. The van der Waals surface area contributed by atoms with Crippen molar-refractivity contribution in [3.8, 4) is 0 Å². The normalized spacial score (nSPS) is 11.1. The van der Waals surface area contributed by atoms with Gasteiger partial charge < -0.3 is 5.32 Å². The molecule has 0 amide bonds. The fourth-order valence-electron chi connectivity index (χ4n) is 2.63. The van der Waals surface area contributed by atoms with Crippen molar-refractivity contribution in [2.24, 2.45) is 7.05 Å². The van der Waals surface area contributed by atoms with Crippen LogP contribution in [-0.2, 0) is 20.0 Å². The van der Waals surface area contributed by atoms with Crippen LogP contribution >= 0.6 is 0 Å². The summed E-state index contributed by atoms with van der Waals surface area (Å²) < 4.78 is 1.92. The van der Waals surface area contributed by atoms with Gasteiger partial charge in [-0.25, -0.2) is 0 Å². The molecule has 0 atom stereocenters. The van der Waals surface area contributed by atoms with Crippen LogP contribution in [-0.4, -0.2) is 21.3 Å². The van der Waals surface area contributed by atoms with Crippen LogP contribution in [0.3, 0.4) is 0 Å². The zero-order valence-corrected chi connectivity index (χ0v) is 12.5. The van der Waals surface area contributed by atoms with E-state index < -0.39 is 0 Å². The first-order valence-corrected chi connectivity index (χ1v) is 7.27. The fraction of sp³-hybridized carbons (Fsp3) is 0.294. The van der Waals surface area contributed by atoms with Gasteiger partial charge in [-0.3, -0.25) is 9.67 Å². The first kappa shape index (κ1) is 13.8. The van der Waals surface area contributed by atoms with E-state index in [1.165, 1.54) is 16.6 Å². The van der Waals surface area contributed by atoms with E-state index in [2.05, 4.69) is 45.7 Å². The number of hydrogen-bond donors (Lipinski definition) is 1. The van der Waals surface area contributed by atoms with E-state index >= 15 is 0 Å². The monoisotopic (exact) mass is 280 g/mol. The smallest absolute Gasteiger partial charge is 0.0708 e. The first-order valence-electron chi connectivity index (χ1n) is 7.27. The summed E-state index contributed by atoms with van der Waals surface area (Å²) in [5, 5.41) is 8.94. The molecule has 108 valence electrons. The molecule has 3 rings (SSSR count). The third-order valence-corrected chi connectivity index (χ3v) is 3.73. The summed E-state index contributed by atoms with van der Waals surface area (Å²) in [6.07, 6.45) is 2.83. The lowest BCUT2D eigenvalue weighted by atomic mass is 10.1. The maximum Gasteiger partial charge on any atom is 0.0708 e. The standard InChI is InChI=1S/C17H20N4/c1-13-11-14(16-5-3-4-6-17(16)20-13)12-18-9-7-15-8-10-19-21(15)2/h3-6,8,10-11,18H,7,9,12H2,1-2H3. The van der Waals surface area contributed by atoms with Gasteiger partial charge in [0.05, 0.1) is 5.52 Å². The molecule has 1 aromatic carbocycles. The molecule has 0 aliphatic carbocycles. The van der Waals surface area contributed by atoms with Gasteiger partial charge in [0, 0.05) is 49.5 Å². The van der Waals surface area contributed by atoms with Crippen LogP contribution in [0, 0.1) is 6.92 Å². The second-order valence-electron chi connectivity index (χ2n) is 5.31. The number of para-hydroxylation sites is 1. The molecule has 1 N–H and O–H groups in total. The summed E-state index contributed by atoms with van der Waals surface area (Å²) in [5.74, 6) is 0. The van der Waals surface area contributed by atoms with Crippen LogP contribution in [0.1, 0.15) is 17.0 Å². The van der Waals surface area contributed by atoms with E-state index in [-0.39, 0.29) is 0 Å². The van der Waals surface area contributed by atoms with Crippen molar-refractivity contribution in [3.05, 3.63) is 59.5 Å². The number of nitrogens with one attached hydrogen (secondary N) is 1. The Kier molecular flexibility index (Phi) is 3.97. The third kappa shape index (κ3) is 3.11. The van der Waals surface area contributed by atoms with Crippen molar-refractivity contribution in [2.75, 3.05) is 6.54 Å². The number of hydrogen-bond acceptors (Lipinski definition) is 3. The molecule has 21 heavy (non-hydrogen) atoms. The Morgan fingerprint density at radius 1 is 1.19 bits per heavy atom. The SMILES string of the molecule is Cc1cc(CNCCc2ccnn2C)c2ccccc2n1. The molecule has 4 nitrogen and oxygen atoms in total. The summed E-state index contributed by atoms with van der Waals surface area (Å²) >= 11 is 0.